The SMILES string of the molecule is N#Cc1cc(Br)cc(S(=O)(=O)Cl)c1C(F)(F)F. The number of benzene rings is 1. The first-order valence-electron chi connectivity index (χ1n) is 3.83. The van der Waals surface area contributed by atoms with E-state index in [1.54, 1.807) is 0 Å². The second-order valence-corrected chi connectivity index (χ2v) is 6.32. The molecule has 0 saturated heterocycles. The van der Waals surface area contributed by atoms with E-state index in [2.05, 4.69) is 15.9 Å². The van der Waals surface area contributed by atoms with Gasteiger partial charge < -0.3 is 0 Å². The number of hydrogen-bond donors (Lipinski definition) is 0. The van der Waals surface area contributed by atoms with Crippen LogP contribution in [0.2, 0.25) is 0 Å². The minimum Gasteiger partial charge on any atom is -0.207 e. The van der Waals surface area contributed by atoms with Gasteiger partial charge in [-0.05, 0) is 12.1 Å². The van der Waals surface area contributed by atoms with Gasteiger partial charge in [0.05, 0.1) is 22.1 Å². The van der Waals surface area contributed by atoms with Gasteiger partial charge in [-0.1, -0.05) is 15.9 Å². The molecule has 92 valence electrons. The molecule has 0 aromatic heterocycles. The van der Waals surface area contributed by atoms with Crippen LogP contribution in [0.3, 0.4) is 0 Å². The largest absolute Gasteiger partial charge is 0.418 e. The van der Waals surface area contributed by atoms with E-state index in [-0.39, 0.29) is 4.47 Å². The van der Waals surface area contributed by atoms with Crippen molar-refractivity contribution in [1.29, 1.82) is 5.26 Å². The molecule has 0 spiro atoms. The van der Waals surface area contributed by atoms with E-state index in [0.29, 0.717) is 6.07 Å². The van der Waals surface area contributed by atoms with Crippen molar-refractivity contribution >= 4 is 35.7 Å². The molecular formula is C8H2BrClF3NO2S. The Labute approximate surface area is 107 Å². The third kappa shape index (κ3) is 3.12. The molecule has 0 amide bonds. The van der Waals surface area contributed by atoms with Crippen molar-refractivity contribution in [3.8, 4) is 6.07 Å². The van der Waals surface area contributed by atoms with Gasteiger partial charge in [-0.2, -0.15) is 18.4 Å². The molecule has 1 aromatic carbocycles. The normalized spacial score (nSPS) is 12.2. The molecule has 0 atom stereocenters. The monoisotopic (exact) mass is 347 g/mol. The van der Waals surface area contributed by atoms with Crippen LogP contribution in [0.1, 0.15) is 11.1 Å². The Bertz CT molecular complexity index is 606. The molecule has 0 aliphatic carbocycles. The molecule has 0 radical (unpaired) electrons. The lowest BCUT2D eigenvalue weighted by Crippen LogP contribution is -2.13. The molecule has 9 heteroatoms. The van der Waals surface area contributed by atoms with Crippen LogP contribution in [-0.4, -0.2) is 8.42 Å². The summed E-state index contributed by atoms with van der Waals surface area (Å²) in [6.45, 7) is 0. The van der Waals surface area contributed by atoms with Crippen molar-refractivity contribution in [2.24, 2.45) is 0 Å². The summed E-state index contributed by atoms with van der Waals surface area (Å²) in [5.74, 6) is 0. The first-order chi connectivity index (χ1) is 7.57. The quantitative estimate of drug-likeness (QED) is 0.732. The standard InChI is InChI=1S/C8H2BrClF3NO2S/c9-5-1-4(3-14)7(8(11,12)13)6(2-5)17(10,15)16/h1-2H. The zero-order valence-electron chi connectivity index (χ0n) is 7.72. The molecule has 0 saturated carbocycles. The van der Waals surface area contributed by atoms with Crippen LogP contribution < -0.4 is 0 Å². The zero-order chi connectivity index (χ0) is 13.4. The average molecular weight is 349 g/mol. The fraction of sp³-hybridized carbons (Fsp3) is 0.125. The minimum atomic E-state index is -4.98. The lowest BCUT2D eigenvalue weighted by Gasteiger charge is -2.12. The van der Waals surface area contributed by atoms with Crippen molar-refractivity contribution in [2.45, 2.75) is 11.1 Å². The molecule has 0 aliphatic heterocycles. The first kappa shape index (κ1) is 14.3. The maximum atomic E-state index is 12.7. The summed E-state index contributed by atoms with van der Waals surface area (Å²) in [5.41, 5.74) is -2.37. The highest BCUT2D eigenvalue weighted by atomic mass is 79.9. The van der Waals surface area contributed by atoms with Crippen molar-refractivity contribution in [1.82, 2.24) is 0 Å². The van der Waals surface area contributed by atoms with Gasteiger partial charge in [-0.15, -0.1) is 0 Å². The predicted molar refractivity (Wildman–Crippen MR) is 56.9 cm³/mol. The van der Waals surface area contributed by atoms with E-state index in [4.69, 9.17) is 15.9 Å². The van der Waals surface area contributed by atoms with E-state index in [0.717, 1.165) is 6.07 Å². The van der Waals surface area contributed by atoms with Crippen LogP contribution in [0.4, 0.5) is 13.2 Å². The molecule has 1 aromatic rings. The van der Waals surface area contributed by atoms with Gasteiger partial charge in [0, 0.05) is 15.2 Å². The average Bonchev–Trinajstić information content (AvgIpc) is 2.12. The summed E-state index contributed by atoms with van der Waals surface area (Å²) in [4.78, 5) is -1.14. The number of rotatable bonds is 1. The van der Waals surface area contributed by atoms with Gasteiger partial charge in [0.25, 0.3) is 9.05 Å². The maximum Gasteiger partial charge on any atom is 0.418 e. The Balaban J connectivity index is 3.84. The van der Waals surface area contributed by atoms with Gasteiger partial charge >= 0.3 is 6.18 Å². The topological polar surface area (TPSA) is 57.9 Å². The van der Waals surface area contributed by atoms with E-state index < -0.39 is 31.2 Å². The highest BCUT2D eigenvalue weighted by Crippen LogP contribution is 2.39. The van der Waals surface area contributed by atoms with Crippen molar-refractivity contribution < 1.29 is 21.6 Å². The van der Waals surface area contributed by atoms with Gasteiger partial charge in [0.15, 0.2) is 0 Å². The molecule has 0 aliphatic rings. The van der Waals surface area contributed by atoms with Crippen LogP contribution in [0.5, 0.6) is 0 Å². The molecule has 0 unspecified atom stereocenters. The summed E-state index contributed by atoms with van der Waals surface area (Å²) >= 11 is 2.81. The van der Waals surface area contributed by atoms with Crippen molar-refractivity contribution in [3.05, 3.63) is 27.7 Å². The predicted octanol–water partition coefficient (Wildman–Crippen LogP) is 3.27. The number of halogens is 5. The van der Waals surface area contributed by atoms with Gasteiger partial charge in [-0.25, -0.2) is 8.42 Å². The van der Waals surface area contributed by atoms with Gasteiger partial charge in [0.2, 0.25) is 0 Å². The Kier molecular flexibility index (Phi) is 3.76. The van der Waals surface area contributed by atoms with Gasteiger partial charge in [-0.3, -0.25) is 0 Å². The van der Waals surface area contributed by atoms with Crippen LogP contribution >= 0.6 is 26.6 Å². The van der Waals surface area contributed by atoms with E-state index in [1.165, 1.54) is 6.07 Å². The Morgan fingerprint density at radius 1 is 1.35 bits per heavy atom. The molecule has 0 fully saturated rings. The Morgan fingerprint density at radius 2 is 1.88 bits per heavy atom. The fourth-order valence-corrected chi connectivity index (χ4v) is 2.87. The highest BCUT2D eigenvalue weighted by molar-refractivity contribution is 9.10. The summed E-state index contributed by atoms with van der Waals surface area (Å²) in [7, 11) is 0.312. The summed E-state index contributed by atoms with van der Waals surface area (Å²) in [6, 6.07) is 2.85. The lowest BCUT2D eigenvalue weighted by molar-refractivity contribution is -0.140. The summed E-state index contributed by atoms with van der Waals surface area (Å²) in [5, 5.41) is 8.59. The van der Waals surface area contributed by atoms with Crippen LogP contribution in [-0.2, 0) is 15.2 Å². The highest BCUT2D eigenvalue weighted by Gasteiger charge is 2.39. The fourth-order valence-electron chi connectivity index (χ4n) is 1.15. The maximum absolute atomic E-state index is 12.7. The van der Waals surface area contributed by atoms with Gasteiger partial charge in [0.1, 0.15) is 0 Å². The second kappa shape index (κ2) is 4.48. The molecule has 1 rings (SSSR count). The minimum absolute atomic E-state index is 0.0151. The van der Waals surface area contributed by atoms with Crippen LogP contribution in [0.25, 0.3) is 0 Å². The van der Waals surface area contributed by atoms with Crippen LogP contribution in [0.15, 0.2) is 21.5 Å². The third-order valence-electron chi connectivity index (χ3n) is 1.73. The molecular weight excluding hydrogens is 347 g/mol. The zero-order valence-corrected chi connectivity index (χ0v) is 10.9. The smallest absolute Gasteiger partial charge is 0.207 e. The third-order valence-corrected chi connectivity index (χ3v) is 3.54. The molecule has 17 heavy (non-hydrogen) atoms. The van der Waals surface area contributed by atoms with E-state index in [1.807, 2.05) is 0 Å². The van der Waals surface area contributed by atoms with Crippen LogP contribution in [0, 0.1) is 11.3 Å². The summed E-state index contributed by atoms with van der Waals surface area (Å²) in [6.07, 6.45) is -4.98. The second-order valence-electron chi connectivity index (χ2n) is 2.87. The first-order valence-corrected chi connectivity index (χ1v) is 6.93. The molecule has 0 bridgehead atoms. The van der Waals surface area contributed by atoms with Crippen molar-refractivity contribution in [2.75, 3.05) is 0 Å². The summed E-state index contributed by atoms with van der Waals surface area (Å²) < 4.78 is 60.1. The lowest BCUT2D eigenvalue weighted by atomic mass is 10.1. The van der Waals surface area contributed by atoms with E-state index in [9.17, 15) is 21.6 Å². The van der Waals surface area contributed by atoms with E-state index >= 15 is 0 Å². The number of nitriles is 1. The molecule has 0 N–H and O–H groups in total. The number of hydrogen-bond acceptors (Lipinski definition) is 3. The molecule has 3 nitrogen and oxygen atoms in total. The molecule has 0 heterocycles. The number of nitrogens with zero attached hydrogens (tertiary/aromatic N) is 1. The number of alkyl halides is 3. The Morgan fingerprint density at radius 3 is 2.24 bits per heavy atom. The van der Waals surface area contributed by atoms with Crippen molar-refractivity contribution in [3.63, 3.8) is 0 Å². The Hall–Kier alpha value is -0.780.